The number of carboxylic acids is 1. The minimum atomic E-state index is -1.10. The normalized spacial score (nSPS) is 19.0. The van der Waals surface area contributed by atoms with Crippen molar-refractivity contribution in [1.29, 1.82) is 0 Å². The zero-order valence-electron chi connectivity index (χ0n) is 37.7. The summed E-state index contributed by atoms with van der Waals surface area (Å²) in [6.45, 7) is 20.1. The second-order valence-corrected chi connectivity index (χ2v) is 17.7. The molecule has 58 heavy (non-hydrogen) atoms. The molecule has 2 rings (SSSR count). The van der Waals surface area contributed by atoms with Gasteiger partial charge in [-0.05, 0) is 69.9 Å². The van der Waals surface area contributed by atoms with Gasteiger partial charge in [-0.25, -0.2) is 9.59 Å². The van der Waals surface area contributed by atoms with Crippen molar-refractivity contribution in [3.8, 4) is 0 Å². The molecule has 330 valence electrons. The van der Waals surface area contributed by atoms with Crippen LogP contribution in [0.3, 0.4) is 0 Å². The van der Waals surface area contributed by atoms with Crippen molar-refractivity contribution >= 4 is 29.8 Å². The standard InChI is InChI=1S/C44H75N5O9/c1-15-29(6)37(47(11)41(52)35(27(2)3)46-40(51)36(28(4)5)48(12)43(55)58-44(8,9)10)34(56-13)23-25-49-24-19-22-33(49)38(57-14)30(7)39(50)45-32(42(53)54)26-31-20-17-16-18-21-31/h16-18,20-21,27-30,32-38H,15,19,22-26H2,1-14H3,(H,45,50)(H,46,51)(H,53,54)/t29-,30+,32-,33-,34+,35-,36-,37-,38+/m0/s1. The quantitative estimate of drug-likeness (QED) is 0.141. The molecule has 0 bridgehead atoms. The number of nitrogens with one attached hydrogen (secondary N) is 2. The predicted molar refractivity (Wildman–Crippen MR) is 225 cm³/mol. The molecule has 1 heterocycles. The summed E-state index contributed by atoms with van der Waals surface area (Å²) >= 11 is 0. The topological polar surface area (TPSA) is 167 Å². The second kappa shape index (κ2) is 23.1. The SMILES string of the molecule is CC[C@H](C)[C@@H]([C@@H](CCN1CCC[C@H]1[C@H](OC)[C@@H](C)C(=O)N[C@@H](Cc1ccccc1)C(=O)O)OC)N(C)C(=O)[C@@H](NC(=O)[C@H](C(C)C)N(C)C(=O)OC(C)(C)C)C(C)C. The first kappa shape index (κ1) is 50.4. The highest BCUT2D eigenvalue weighted by Crippen LogP contribution is 2.29. The number of hydrogen-bond donors (Lipinski definition) is 3. The largest absolute Gasteiger partial charge is 0.480 e. The number of aliphatic carboxylic acids is 1. The van der Waals surface area contributed by atoms with Crippen LogP contribution < -0.4 is 10.6 Å². The monoisotopic (exact) mass is 818 g/mol. The van der Waals surface area contributed by atoms with Crippen molar-refractivity contribution in [1.82, 2.24) is 25.3 Å². The van der Waals surface area contributed by atoms with Crippen molar-refractivity contribution in [2.45, 2.75) is 149 Å². The molecule has 1 aromatic carbocycles. The molecule has 0 saturated carbocycles. The van der Waals surface area contributed by atoms with Gasteiger partial charge >= 0.3 is 12.1 Å². The van der Waals surface area contributed by atoms with Crippen LogP contribution in [0.1, 0.15) is 100 Å². The number of amides is 4. The van der Waals surface area contributed by atoms with Crippen molar-refractivity contribution in [2.75, 3.05) is 41.4 Å². The van der Waals surface area contributed by atoms with Gasteiger partial charge in [-0.1, -0.05) is 85.2 Å². The first-order valence-corrected chi connectivity index (χ1v) is 21.0. The van der Waals surface area contributed by atoms with E-state index in [1.54, 1.807) is 53.9 Å². The van der Waals surface area contributed by atoms with Crippen LogP contribution >= 0.6 is 0 Å². The highest BCUT2D eigenvalue weighted by molar-refractivity contribution is 5.91. The number of rotatable bonds is 22. The first-order valence-electron chi connectivity index (χ1n) is 21.0. The summed E-state index contributed by atoms with van der Waals surface area (Å²) in [5, 5.41) is 15.7. The van der Waals surface area contributed by atoms with Crippen LogP contribution in [0.25, 0.3) is 0 Å². The lowest BCUT2D eigenvalue weighted by atomic mass is 9.89. The van der Waals surface area contributed by atoms with Gasteiger partial charge in [0.2, 0.25) is 17.7 Å². The maximum absolute atomic E-state index is 14.4. The summed E-state index contributed by atoms with van der Waals surface area (Å²) in [5.41, 5.74) is 0.0776. The van der Waals surface area contributed by atoms with E-state index in [2.05, 4.69) is 29.4 Å². The number of likely N-dealkylation sites (N-methyl/N-ethyl adjacent to an activating group) is 2. The third-order valence-corrected chi connectivity index (χ3v) is 11.5. The number of carboxylic acid groups (broad SMARTS) is 1. The molecule has 1 aromatic rings. The van der Waals surface area contributed by atoms with E-state index in [0.29, 0.717) is 13.0 Å². The van der Waals surface area contributed by atoms with E-state index in [1.807, 2.05) is 58.0 Å². The summed E-state index contributed by atoms with van der Waals surface area (Å²) in [7, 11) is 6.54. The summed E-state index contributed by atoms with van der Waals surface area (Å²) in [6.07, 6.45) is 1.80. The fraction of sp³-hybridized carbons (Fsp3) is 0.750. The number of ether oxygens (including phenoxy) is 3. The molecule has 14 nitrogen and oxygen atoms in total. The van der Waals surface area contributed by atoms with Gasteiger partial charge in [0.05, 0.1) is 24.2 Å². The first-order chi connectivity index (χ1) is 27.1. The fourth-order valence-electron chi connectivity index (χ4n) is 8.15. The Kier molecular flexibility index (Phi) is 20.1. The number of carbonyl (C=O) groups is 5. The van der Waals surface area contributed by atoms with Crippen molar-refractivity contribution in [3.63, 3.8) is 0 Å². The Morgan fingerprint density at radius 1 is 0.897 bits per heavy atom. The lowest BCUT2D eigenvalue weighted by molar-refractivity contribution is -0.144. The minimum absolute atomic E-state index is 0.0482. The van der Waals surface area contributed by atoms with Gasteiger partial charge in [-0.2, -0.15) is 0 Å². The summed E-state index contributed by atoms with van der Waals surface area (Å²) in [5.74, 6) is -3.24. The molecule has 0 aromatic heterocycles. The molecule has 9 atom stereocenters. The van der Waals surface area contributed by atoms with Crippen LogP contribution in [0.2, 0.25) is 0 Å². The molecule has 1 aliphatic heterocycles. The third kappa shape index (κ3) is 14.2. The lowest BCUT2D eigenvalue weighted by Crippen LogP contribution is -2.60. The van der Waals surface area contributed by atoms with Gasteiger partial charge in [0.1, 0.15) is 23.7 Å². The van der Waals surface area contributed by atoms with E-state index < -0.39 is 53.7 Å². The summed E-state index contributed by atoms with van der Waals surface area (Å²) in [4.78, 5) is 72.3. The Balaban J connectivity index is 2.24. The molecule has 4 amide bonds. The lowest BCUT2D eigenvalue weighted by Gasteiger charge is -2.41. The summed E-state index contributed by atoms with van der Waals surface area (Å²) < 4.78 is 17.7. The number of likely N-dealkylation sites (tertiary alicyclic amines) is 1. The molecule has 1 fully saturated rings. The maximum atomic E-state index is 14.4. The van der Waals surface area contributed by atoms with Gasteiger partial charge in [0, 0.05) is 47.3 Å². The van der Waals surface area contributed by atoms with Crippen molar-refractivity contribution in [3.05, 3.63) is 35.9 Å². The van der Waals surface area contributed by atoms with Gasteiger partial charge in [-0.3, -0.25) is 24.2 Å². The molecule has 1 saturated heterocycles. The van der Waals surface area contributed by atoms with Gasteiger partial charge in [0.25, 0.3) is 0 Å². The van der Waals surface area contributed by atoms with E-state index in [9.17, 15) is 29.1 Å². The van der Waals surface area contributed by atoms with Gasteiger partial charge < -0.3 is 34.9 Å². The number of benzene rings is 1. The van der Waals surface area contributed by atoms with Crippen LogP contribution in [0.15, 0.2) is 30.3 Å². The molecular weight excluding hydrogens is 743 g/mol. The molecule has 0 spiro atoms. The van der Waals surface area contributed by atoms with Crippen LogP contribution in [-0.4, -0.2) is 139 Å². The molecule has 1 aliphatic rings. The van der Waals surface area contributed by atoms with E-state index in [4.69, 9.17) is 14.2 Å². The number of hydrogen-bond acceptors (Lipinski definition) is 9. The van der Waals surface area contributed by atoms with Crippen LogP contribution in [0, 0.1) is 23.7 Å². The zero-order chi connectivity index (χ0) is 44.1. The Labute approximate surface area is 348 Å². The Morgan fingerprint density at radius 3 is 2.02 bits per heavy atom. The number of carbonyl (C=O) groups excluding carboxylic acids is 4. The van der Waals surface area contributed by atoms with E-state index in [-0.39, 0.29) is 54.2 Å². The molecule has 3 N–H and O–H groups in total. The number of methoxy groups -OCH3 is 2. The average Bonchev–Trinajstić information content (AvgIpc) is 3.62. The van der Waals surface area contributed by atoms with Crippen LogP contribution in [0.5, 0.6) is 0 Å². The minimum Gasteiger partial charge on any atom is -0.480 e. The highest BCUT2D eigenvalue weighted by Gasteiger charge is 2.42. The molecule has 0 unspecified atom stereocenters. The van der Waals surface area contributed by atoms with Crippen LogP contribution in [0.4, 0.5) is 4.79 Å². The zero-order valence-corrected chi connectivity index (χ0v) is 37.7. The second-order valence-electron chi connectivity index (χ2n) is 17.7. The fourth-order valence-corrected chi connectivity index (χ4v) is 8.15. The molecule has 0 radical (unpaired) electrons. The highest BCUT2D eigenvalue weighted by atomic mass is 16.6. The van der Waals surface area contributed by atoms with Crippen molar-refractivity contribution < 1.29 is 43.3 Å². The molecule has 0 aliphatic carbocycles. The number of nitrogens with zero attached hydrogens (tertiary/aromatic N) is 3. The summed E-state index contributed by atoms with van der Waals surface area (Å²) in [6, 6.07) is 6.00. The molecule has 14 heteroatoms. The third-order valence-electron chi connectivity index (χ3n) is 11.5. The van der Waals surface area contributed by atoms with Crippen LogP contribution in [-0.2, 0) is 39.8 Å². The maximum Gasteiger partial charge on any atom is 0.410 e. The van der Waals surface area contributed by atoms with E-state index in [0.717, 1.165) is 31.4 Å². The average molecular weight is 818 g/mol. The van der Waals surface area contributed by atoms with Crippen molar-refractivity contribution in [2.24, 2.45) is 23.7 Å². The van der Waals surface area contributed by atoms with Gasteiger partial charge in [0.15, 0.2) is 0 Å². The van der Waals surface area contributed by atoms with Gasteiger partial charge in [-0.15, -0.1) is 0 Å². The van der Waals surface area contributed by atoms with E-state index in [1.165, 1.54) is 11.9 Å². The predicted octanol–water partition coefficient (Wildman–Crippen LogP) is 5.22. The smallest absolute Gasteiger partial charge is 0.410 e. The molecular formula is C44H75N5O9. The Hall–Kier alpha value is -3.75. The Bertz CT molecular complexity index is 1470. The van der Waals surface area contributed by atoms with E-state index >= 15 is 0 Å². The Morgan fingerprint density at radius 2 is 1.52 bits per heavy atom.